The molecule has 1 saturated heterocycles. The van der Waals surface area contributed by atoms with Gasteiger partial charge in [0.05, 0.1) is 7.11 Å². The van der Waals surface area contributed by atoms with E-state index < -0.39 is 0 Å². The van der Waals surface area contributed by atoms with Crippen molar-refractivity contribution in [1.82, 2.24) is 4.90 Å². The van der Waals surface area contributed by atoms with Crippen LogP contribution in [-0.2, 0) is 0 Å². The lowest BCUT2D eigenvalue weighted by Crippen LogP contribution is -2.40. The van der Waals surface area contributed by atoms with Crippen LogP contribution in [-0.4, -0.2) is 35.8 Å². The smallest absolute Gasteiger partial charge is 0.254 e. The highest BCUT2D eigenvalue weighted by Gasteiger charge is 2.22. The second-order valence-electron chi connectivity index (χ2n) is 4.22. The molecule has 17 heavy (non-hydrogen) atoms. The van der Waals surface area contributed by atoms with Gasteiger partial charge in [0.15, 0.2) is 0 Å². The van der Waals surface area contributed by atoms with E-state index in [1.54, 1.807) is 13.2 Å². The van der Waals surface area contributed by atoms with Crippen LogP contribution < -0.4 is 4.74 Å². The van der Waals surface area contributed by atoms with E-state index in [4.69, 9.17) is 4.74 Å². The van der Waals surface area contributed by atoms with E-state index in [1.165, 1.54) is 0 Å². The molecule has 0 N–H and O–H groups in total. The van der Waals surface area contributed by atoms with Gasteiger partial charge in [0, 0.05) is 23.5 Å². The number of methoxy groups -OCH3 is 1. The van der Waals surface area contributed by atoms with Gasteiger partial charge in [-0.25, -0.2) is 0 Å². The minimum absolute atomic E-state index is 0.0908. The Hall–Kier alpha value is -1.03. The molecule has 0 aromatic heterocycles. The van der Waals surface area contributed by atoms with Gasteiger partial charge in [-0.2, -0.15) is 0 Å². The fourth-order valence-corrected chi connectivity index (χ4v) is 2.72. The number of rotatable bonds is 2. The molecule has 0 aliphatic carbocycles. The zero-order chi connectivity index (χ0) is 12.3. The molecule has 4 heteroatoms. The van der Waals surface area contributed by atoms with Crippen molar-refractivity contribution in [3.63, 3.8) is 0 Å². The van der Waals surface area contributed by atoms with E-state index in [0.717, 1.165) is 31.7 Å². The molecule has 1 aromatic carbocycles. The van der Waals surface area contributed by atoms with E-state index in [2.05, 4.69) is 15.9 Å². The summed E-state index contributed by atoms with van der Waals surface area (Å²) in [5, 5.41) is 0. The van der Waals surface area contributed by atoms with Gasteiger partial charge in [0.1, 0.15) is 5.75 Å². The average Bonchev–Trinajstić information content (AvgIpc) is 2.38. The quantitative estimate of drug-likeness (QED) is 0.786. The summed E-state index contributed by atoms with van der Waals surface area (Å²) < 4.78 is 5.13. The van der Waals surface area contributed by atoms with Gasteiger partial charge in [-0.15, -0.1) is 0 Å². The Labute approximate surface area is 110 Å². The Morgan fingerprint density at radius 1 is 1.53 bits per heavy atom. The SMILES string of the molecule is COc1cccc(C(=O)N2CCCC(Br)C2)c1. The normalized spacial score (nSPS) is 20.1. The largest absolute Gasteiger partial charge is 0.497 e. The van der Waals surface area contributed by atoms with E-state index in [0.29, 0.717) is 10.4 Å². The highest BCUT2D eigenvalue weighted by molar-refractivity contribution is 9.09. The number of likely N-dealkylation sites (tertiary alicyclic amines) is 1. The number of carbonyl (C=O) groups is 1. The molecule has 0 bridgehead atoms. The molecule has 0 radical (unpaired) electrons. The summed E-state index contributed by atoms with van der Waals surface area (Å²) in [6, 6.07) is 7.32. The van der Waals surface area contributed by atoms with Crippen LogP contribution in [0.25, 0.3) is 0 Å². The molecule has 1 fully saturated rings. The first kappa shape index (κ1) is 12.4. The fraction of sp³-hybridized carbons (Fsp3) is 0.462. The molecule has 1 aromatic rings. The minimum atomic E-state index is 0.0908. The van der Waals surface area contributed by atoms with Gasteiger partial charge in [0.2, 0.25) is 0 Å². The van der Waals surface area contributed by atoms with Crippen molar-refractivity contribution in [2.75, 3.05) is 20.2 Å². The van der Waals surface area contributed by atoms with Gasteiger partial charge >= 0.3 is 0 Å². The van der Waals surface area contributed by atoms with Gasteiger partial charge in [-0.1, -0.05) is 22.0 Å². The number of halogens is 1. The second-order valence-corrected chi connectivity index (χ2v) is 5.52. The molecule has 1 aliphatic heterocycles. The lowest BCUT2D eigenvalue weighted by molar-refractivity contribution is 0.0729. The molecule has 1 aliphatic rings. The first-order valence-corrected chi connectivity index (χ1v) is 6.69. The second kappa shape index (κ2) is 5.54. The maximum atomic E-state index is 12.3. The van der Waals surface area contributed by atoms with Crippen molar-refractivity contribution in [3.05, 3.63) is 29.8 Å². The Bertz CT molecular complexity index is 408. The third kappa shape index (κ3) is 3.00. The summed E-state index contributed by atoms with van der Waals surface area (Å²) in [7, 11) is 1.61. The molecule has 1 heterocycles. The topological polar surface area (TPSA) is 29.5 Å². The summed E-state index contributed by atoms with van der Waals surface area (Å²) in [6.45, 7) is 1.63. The van der Waals surface area contributed by atoms with Crippen LogP contribution in [0, 0.1) is 0 Å². The molecule has 3 nitrogen and oxygen atoms in total. The number of nitrogens with zero attached hydrogens (tertiary/aromatic N) is 1. The Kier molecular flexibility index (Phi) is 4.05. The van der Waals surface area contributed by atoms with Crippen molar-refractivity contribution in [1.29, 1.82) is 0 Å². The van der Waals surface area contributed by atoms with Gasteiger partial charge in [-0.05, 0) is 31.0 Å². The van der Waals surface area contributed by atoms with Gasteiger partial charge in [-0.3, -0.25) is 4.79 Å². The molecular weight excluding hydrogens is 282 g/mol. The lowest BCUT2D eigenvalue weighted by Gasteiger charge is -2.30. The first-order chi connectivity index (χ1) is 8.20. The van der Waals surface area contributed by atoms with E-state index in [1.807, 2.05) is 23.1 Å². The first-order valence-electron chi connectivity index (χ1n) is 5.78. The van der Waals surface area contributed by atoms with Crippen LogP contribution in [0.4, 0.5) is 0 Å². The molecule has 1 amide bonds. The maximum Gasteiger partial charge on any atom is 0.254 e. The number of amides is 1. The number of alkyl halides is 1. The molecule has 0 saturated carbocycles. The predicted molar refractivity (Wildman–Crippen MR) is 70.8 cm³/mol. The predicted octanol–water partition coefficient (Wildman–Crippen LogP) is 2.69. The van der Waals surface area contributed by atoms with Crippen molar-refractivity contribution < 1.29 is 9.53 Å². The van der Waals surface area contributed by atoms with Crippen LogP contribution in [0.1, 0.15) is 23.2 Å². The number of carbonyl (C=O) groups excluding carboxylic acids is 1. The third-order valence-corrected chi connectivity index (χ3v) is 3.72. The summed E-state index contributed by atoms with van der Waals surface area (Å²) >= 11 is 3.58. The molecule has 1 unspecified atom stereocenters. The van der Waals surface area contributed by atoms with Crippen LogP contribution in [0.15, 0.2) is 24.3 Å². The monoisotopic (exact) mass is 297 g/mol. The van der Waals surface area contributed by atoms with Crippen molar-refractivity contribution in [3.8, 4) is 5.75 Å². The molecule has 2 rings (SSSR count). The van der Waals surface area contributed by atoms with Crippen LogP contribution in [0.2, 0.25) is 0 Å². The van der Waals surface area contributed by atoms with Gasteiger partial charge < -0.3 is 9.64 Å². The van der Waals surface area contributed by atoms with Crippen molar-refractivity contribution in [2.24, 2.45) is 0 Å². The molecule has 1 atom stereocenters. The van der Waals surface area contributed by atoms with Crippen LogP contribution in [0.3, 0.4) is 0 Å². The van der Waals surface area contributed by atoms with E-state index in [-0.39, 0.29) is 5.91 Å². The summed E-state index contributed by atoms with van der Waals surface area (Å²) in [4.78, 5) is 14.6. The fourth-order valence-electron chi connectivity index (χ4n) is 2.05. The van der Waals surface area contributed by atoms with Crippen LogP contribution in [0.5, 0.6) is 5.75 Å². The van der Waals surface area contributed by atoms with E-state index >= 15 is 0 Å². The highest BCUT2D eigenvalue weighted by atomic mass is 79.9. The third-order valence-electron chi connectivity index (χ3n) is 2.97. The Morgan fingerprint density at radius 2 is 2.35 bits per heavy atom. The number of ether oxygens (including phenoxy) is 1. The van der Waals surface area contributed by atoms with Crippen molar-refractivity contribution >= 4 is 21.8 Å². The molecule has 0 spiro atoms. The van der Waals surface area contributed by atoms with Gasteiger partial charge in [0.25, 0.3) is 5.91 Å². The standard InChI is InChI=1S/C13H16BrNO2/c1-17-12-6-2-4-10(8-12)13(16)15-7-3-5-11(14)9-15/h2,4,6,8,11H,3,5,7,9H2,1H3. The van der Waals surface area contributed by atoms with Crippen molar-refractivity contribution in [2.45, 2.75) is 17.7 Å². The lowest BCUT2D eigenvalue weighted by atomic mass is 10.1. The highest BCUT2D eigenvalue weighted by Crippen LogP contribution is 2.20. The average molecular weight is 298 g/mol. The Morgan fingerprint density at radius 3 is 3.06 bits per heavy atom. The zero-order valence-electron chi connectivity index (χ0n) is 9.86. The number of piperidine rings is 1. The summed E-state index contributed by atoms with van der Waals surface area (Å²) in [6.07, 6.45) is 2.20. The number of hydrogen-bond acceptors (Lipinski definition) is 2. The summed E-state index contributed by atoms with van der Waals surface area (Å²) in [5.74, 6) is 0.816. The van der Waals surface area contributed by atoms with E-state index in [9.17, 15) is 4.79 Å². The maximum absolute atomic E-state index is 12.3. The van der Waals surface area contributed by atoms with Crippen LogP contribution >= 0.6 is 15.9 Å². The zero-order valence-corrected chi connectivity index (χ0v) is 11.4. The molecule has 92 valence electrons. The Balaban J connectivity index is 2.12. The summed E-state index contributed by atoms with van der Waals surface area (Å²) in [5.41, 5.74) is 0.700. The minimum Gasteiger partial charge on any atom is -0.497 e. The number of hydrogen-bond donors (Lipinski definition) is 0. The molecular formula is C13H16BrNO2. The number of benzene rings is 1.